The van der Waals surface area contributed by atoms with Crippen molar-refractivity contribution in [2.75, 3.05) is 13.2 Å². The highest BCUT2D eigenvalue weighted by Crippen LogP contribution is 2.26. The molecule has 168 valence electrons. The van der Waals surface area contributed by atoms with Crippen molar-refractivity contribution in [2.45, 2.75) is 53.1 Å². The molecule has 5 nitrogen and oxygen atoms in total. The lowest BCUT2D eigenvalue weighted by Crippen LogP contribution is -2.49. The third-order valence-electron chi connectivity index (χ3n) is 5.07. The Morgan fingerprint density at radius 1 is 1.19 bits per heavy atom. The fraction of sp³-hybridized carbons (Fsp3) is 0.417. The minimum Gasteiger partial charge on any atom is -0.484 e. The maximum absolute atomic E-state index is 14.2. The zero-order valence-electron chi connectivity index (χ0n) is 18.5. The van der Waals surface area contributed by atoms with Crippen LogP contribution in [-0.2, 0) is 16.1 Å². The van der Waals surface area contributed by atoms with Crippen LogP contribution in [0.2, 0.25) is 5.02 Å². The molecule has 7 heteroatoms. The van der Waals surface area contributed by atoms with Crippen LogP contribution in [0.4, 0.5) is 4.39 Å². The number of aryl methyl sites for hydroxylation is 2. The number of nitrogens with zero attached hydrogens (tertiary/aromatic N) is 1. The maximum atomic E-state index is 14.2. The van der Waals surface area contributed by atoms with Gasteiger partial charge in [0.05, 0.1) is 0 Å². The van der Waals surface area contributed by atoms with Gasteiger partial charge in [-0.2, -0.15) is 0 Å². The summed E-state index contributed by atoms with van der Waals surface area (Å²) >= 11 is 6.19. The van der Waals surface area contributed by atoms with Gasteiger partial charge in [-0.3, -0.25) is 9.59 Å². The molecule has 0 bridgehead atoms. The van der Waals surface area contributed by atoms with Crippen LogP contribution in [0.1, 0.15) is 43.4 Å². The highest BCUT2D eigenvalue weighted by Gasteiger charge is 2.27. The average Bonchev–Trinajstić information content (AvgIpc) is 2.74. The molecule has 0 fully saturated rings. The Labute approximate surface area is 188 Å². The first-order valence-corrected chi connectivity index (χ1v) is 10.8. The molecule has 0 aliphatic heterocycles. The number of carbonyl (C=O) groups excluding carboxylic acids is 2. The number of amides is 2. The second kappa shape index (κ2) is 11.7. The molecule has 31 heavy (non-hydrogen) atoms. The van der Waals surface area contributed by atoms with Crippen molar-refractivity contribution >= 4 is 23.4 Å². The Balaban J connectivity index is 2.17. The van der Waals surface area contributed by atoms with E-state index in [-0.39, 0.29) is 19.1 Å². The summed E-state index contributed by atoms with van der Waals surface area (Å²) in [6.07, 6.45) is 1.79. The van der Waals surface area contributed by atoms with Gasteiger partial charge in [0.2, 0.25) is 5.91 Å². The minimum atomic E-state index is -0.777. The summed E-state index contributed by atoms with van der Waals surface area (Å²) in [5.74, 6) is -0.606. The molecule has 0 aromatic heterocycles. The van der Waals surface area contributed by atoms with Crippen molar-refractivity contribution in [2.24, 2.45) is 0 Å². The molecule has 2 amide bonds. The van der Waals surface area contributed by atoms with E-state index in [0.29, 0.717) is 22.9 Å². The molecule has 0 saturated carbocycles. The number of nitrogens with one attached hydrogen (secondary N) is 1. The van der Waals surface area contributed by atoms with Crippen LogP contribution in [0.15, 0.2) is 36.4 Å². The first-order chi connectivity index (χ1) is 14.7. The van der Waals surface area contributed by atoms with Crippen LogP contribution in [0.5, 0.6) is 5.75 Å². The quantitative estimate of drug-likeness (QED) is 0.531. The Morgan fingerprint density at radius 2 is 1.84 bits per heavy atom. The van der Waals surface area contributed by atoms with Crippen LogP contribution in [0.3, 0.4) is 0 Å². The average molecular weight is 449 g/mol. The standard InChI is InChI=1S/C24H30ClFN2O3/c1-5-6-11-27-24(30)18(4)28(14-19-9-7-8-10-21(19)26)22(29)15-31-20-12-16(2)23(25)17(3)13-20/h7-10,12-13,18H,5-6,11,14-15H2,1-4H3,(H,27,30)/t18-/m0/s1. The number of carbonyl (C=O) groups is 2. The van der Waals surface area contributed by atoms with Crippen molar-refractivity contribution in [3.05, 3.63) is 63.9 Å². The van der Waals surface area contributed by atoms with Crippen molar-refractivity contribution in [3.63, 3.8) is 0 Å². The van der Waals surface area contributed by atoms with Crippen molar-refractivity contribution in [1.82, 2.24) is 10.2 Å². The molecular formula is C24H30ClFN2O3. The van der Waals surface area contributed by atoms with Gasteiger partial charge >= 0.3 is 0 Å². The Hall–Kier alpha value is -2.60. The van der Waals surface area contributed by atoms with E-state index >= 15 is 0 Å². The maximum Gasteiger partial charge on any atom is 0.261 e. The van der Waals surface area contributed by atoms with Gasteiger partial charge in [-0.15, -0.1) is 0 Å². The number of halogens is 2. The predicted molar refractivity (Wildman–Crippen MR) is 121 cm³/mol. The van der Waals surface area contributed by atoms with Crippen LogP contribution in [0, 0.1) is 19.7 Å². The number of unbranched alkanes of at least 4 members (excludes halogenated alkanes) is 1. The summed E-state index contributed by atoms with van der Waals surface area (Å²) in [4.78, 5) is 26.9. The molecule has 0 aliphatic rings. The van der Waals surface area contributed by atoms with E-state index in [4.69, 9.17) is 16.3 Å². The van der Waals surface area contributed by atoms with E-state index < -0.39 is 17.8 Å². The largest absolute Gasteiger partial charge is 0.484 e. The smallest absolute Gasteiger partial charge is 0.261 e. The zero-order valence-corrected chi connectivity index (χ0v) is 19.3. The van der Waals surface area contributed by atoms with E-state index in [0.717, 1.165) is 24.0 Å². The van der Waals surface area contributed by atoms with Gasteiger partial charge in [0.25, 0.3) is 5.91 Å². The Bertz CT molecular complexity index is 896. The summed E-state index contributed by atoms with van der Waals surface area (Å²) < 4.78 is 19.9. The summed E-state index contributed by atoms with van der Waals surface area (Å²) in [6.45, 7) is 7.60. The van der Waals surface area contributed by atoms with Crippen LogP contribution >= 0.6 is 11.6 Å². The van der Waals surface area contributed by atoms with Gasteiger partial charge in [-0.05, 0) is 56.5 Å². The van der Waals surface area contributed by atoms with Gasteiger partial charge in [-0.25, -0.2) is 4.39 Å². The second-order valence-electron chi connectivity index (χ2n) is 7.59. The highest BCUT2D eigenvalue weighted by atomic mass is 35.5. The SMILES string of the molecule is CCCCNC(=O)[C@H](C)N(Cc1ccccc1F)C(=O)COc1cc(C)c(Cl)c(C)c1. The summed E-state index contributed by atoms with van der Waals surface area (Å²) in [7, 11) is 0. The van der Waals surface area contributed by atoms with Gasteiger partial charge in [0, 0.05) is 23.7 Å². The predicted octanol–water partition coefficient (Wildman–Crippen LogP) is 4.81. The molecule has 1 N–H and O–H groups in total. The molecule has 2 aromatic rings. The molecule has 0 aliphatic carbocycles. The third-order valence-corrected chi connectivity index (χ3v) is 5.66. The van der Waals surface area contributed by atoms with E-state index in [2.05, 4.69) is 5.32 Å². The molecule has 0 spiro atoms. The molecule has 0 radical (unpaired) electrons. The fourth-order valence-electron chi connectivity index (χ4n) is 3.15. The molecule has 0 saturated heterocycles. The number of hydrogen-bond acceptors (Lipinski definition) is 3. The van der Waals surface area contributed by atoms with Gasteiger partial charge in [0.1, 0.15) is 17.6 Å². The van der Waals surface area contributed by atoms with Crippen molar-refractivity contribution < 1.29 is 18.7 Å². The molecule has 0 heterocycles. The second-order valence-corrected chi connectivity index (χ2v) is 7.97. The van der Waals surface area contributed by atoms with E-state index in [1.54, 1.807) is 37.3 Å². The van der Waals surface area contributed by atoms with Crippen molar-refractivity contribution in [3.8, 4) is 5.75 Å². The Morgan fingerprint density at radius 3 is 2.45 bits per heavy atom. The molecule has 2 rings (SSSR count). The summed E-state index contributed by atoms with van der Waals surface area (Å²) in [5, 5.41) is 3.48. The van der Waals surface area contributed by atoms with E-state index in [1.165, 1.54) is 11.0 Å². The number of rotatable bonds is 10. The molecular weight excluding hydrogens is 419 g/mol. The van der Waals surface area contributed by atoms with E-state index in [1.807, 2.05) is 20.8 Å². The fourth-order valence-corrected chi connectivity index (χ4v) is 3.26. The molecule has 0 unspecified atom stereocenters. The topological polar surface area (TPSA) is 58.6 Å². The lowest BCUT2D eigenvalue weighted by atomic mass is 10.1. The molecule has 1 atom stereocenters. The van der Waals surface area contributed by atoms with Crippen LogP contribution in [0.25, 0.3) is 0 Å². The van der Waals surface area contributed by atoms with Crippen molar-refractivity contribution in [1.29, 1.82) is 0 Å². The number of ether oxygens (including phenoxy) is 1. The lowest BCUT2D eigenvalue weighted by molar-refractivity contribution is -0.142. The van der Waals surface area contributed by atoms with Gasteiger partial charge < -0.3 is 15.0 Å². The minimum absolute atomic E-state index is 0.0318. The highest BCUT2D eigenvalue weighted by molar-refractivity contribution is 6.32. The molecule has 2 aromatic carbocycles. The van der Waals surface area contributed by atoms with E-state index in [9.17, 15) is 14.0 Å². The van der Waals surface area contributed by atoms with Crippen LogP contribution < -0.4 is 10.1 Å². The number of hydrogen-bond donors (Lipinski definition) is 1. The Kier molecular flexibility index (Phi) is 9.31. The normalized spacial score (nSPS) is 11.7. The summed E-state index contributed by atoms with van der Waals surface area (Å²) in [6, 6.07) is 8.95. The lowest BCUT2D eigenvalue weighted by Gasteiger charge is -2.29. The summed E-state index contributed by atoms with van der Waals surface area (Å²) in [5.41, 5.74) is 2.02. The van der Waals surface area contributed by atoms with Crippen LogP contribution in [-0.4, -0.2) is 35.9 Å². The first kappa shape index (κ1) is 24.7. The number of benzene rings is 2. The zero-order chi connectivity index (χ0) is 23.0. The van der Waals surface area contributed by atoms with Gasteiger partial charge in [-0.1, -0.05) is 43.1 Å². The first-order valence-electron chi connectivity index (χ1n) is 10.4. The monoisotopic (exact) mass is 448 g/mol. The third kappa shape index (κ3) is 6.96. The van der Waals surface area contributed by atoms with Gasteiger partial charge in [0.15, 0.2) is 6.61 Å².